The Morgan fingerprint density at radius 2 is 1.66 bits per heavy atom. The maximum absolute atomic E-state index is 5.86. The summed E-state index contributed by atoms with van der Waals surface area (Å²) in [4.78, 5) is 2.24. The van der Waals surface area contributed by atoms with Crippen molar-refractivity contribution in [1.82, 2.24) is 10.2 Å². The van der Waals surface area contributed by atoms with E-state index in [0.29, 0.717) is 12.6 Å². The Kier molecular flexibility index (Phi) is 7.77. The molecule has 4 heteroatoms. The van der Waals surface area contributed by atoms with E-state index in [1.54, 1.807) is 6.26 Å². The summed E-state index contributed by atoms with van der Waals surface area (Å²) in [6.45, 7) is 8.22. The van der Waals surface area contributed by atoms with Gasteiger partial charge in [0.25, 0.3) is 0 Å². The maximum atomic E-state index is 5.86. The highest BCUT2D eigenvalue weighted by molar-refractivity contribution is 7.80. The van der Waals surface area contributed by atoms with Gasteiger partial charge in [-0.25, -0.2) is 0 Å². The Morgan fingerprint density at radius 3 is 2.24 bits per heavy atom. The van der Waals surface area contributed by atoms with Gasteiger partial charge >= 0.3 is 0 Å². The average molecular weight is 413 g/mol. The highest BCUT2D eigenvalue weighted by atomic mass is 32.1. The number of hydrogen-bond acceptors (Lipinski definition) is 2. The summed E-state index contributed by atoms with van der Waals surface area (Å²) in [5, 5.41) is 4.51. The van der Waals surface area contributed by atoms with Gasteiger partial charge < -0.3 is 14.6 Å². The normalized spacial score (nSPS) is 16.1. The van der Waals surface area contributed by atoms with E-state index in [0.717, 1.165) is 17.4 Å². The molecule has 1 aromatic carbocycles. The molecule has 1 aliphatic carbocycles. The van der Waals surface area contributed by atoms with E-state index in [2.05, 4.69) is 55.3 Å². The van der Waals surface area contributed by atoms with Crippen LogP contribution in [0.5, 0.6) is 0 Å². The standard InChI is InChI=1S/C25H36N2OS/c1-25(2,3)21-15-13-20(14-16-21)18-27(19-23-12-9-17-28-23)24(29)26-22-10-7-5-4-6-8-11-22/h9,12-17,22H,4-8,10-11,18-19H2,1-3H3,(H,26,29). The third-order valence-electron chi connectivity index (χ3n) is 5.84. The van der Waals surface area contributed by atoms with Crippen LogP contribution in [0.4, 0.5) is 0 Å². The number of nitrogens with one attached hydrogen (secondary N) is 1. The molecule has 1 fully saturated rings. The van der Waals surface area contributed by atoms with Crippen molar-refractivity contribution >= 4 is 17.3 Å². The Labute approximate surface area is 181 Å². The SMILES string of the molecule is CC(C)(C)c1ccc(CN(Cc2ccco2)C(=S)NC2CCCCCCC2)cc1. The fourth-order valence-corrected chi connectivity index (χ4v) is 4.28. The van der Waals surface area contributed by atoms with Crippen LogP contribution in [0.2, 0.25) is 0 Å². The number of benzene rings is 1. The van der Waals surface area contributed by atoms with E-state index in [4.69, 9.17) is 16.6 Å². The van der Waals surface area contributed by atoms with Gasteiger partial charge in [0.2, 0.25) is 0 Å². The van der Waals surface area contributed by atoms with Crippen LogP contribution in [-0.2, 0) is 18.5 Å². The molecule has 1 aliphatic rings. The first kappa shape index (κ1) is 21.9. The molecule has 0 amide bonds. The summed E-state index contributed by atoms with van der Waals surface area (Å²) in [6.07, 6.45) is 10.8. The molecule has 0 saturated heterocycles. The lowest BCUT2D eigenvalue weighted by molar-refractivity contribution is 0.338. The Hall–Kier alpha value is -1.81. The summed E-state index contributed by atoms with van der Waals surface area (Å²) in [7, 11) is 0. The molecular weight excluding hydrogens is 376 g/mol. The molecule has 3 nitrogen and oxygen atoms in total. The van der Waals surface area contributed by atoms with E-state index < -0.39 is 0 Å². The summed E-state index contributed by atoms with van der Waals surface area (Å²) < 4.78 is 5.61. The number of thiocarbonyl (C=S) groups is 1. The first-order valence-corrected chi connectivity index (χ1v) is 11.5. The minimum absolute atomic E-state index is 0.168. The van der Waals surface area contributed by atoms with Crippen molar-refractivity contribution < 1.29 is 4.42 Å². The van der Waals surface area contributed by atoms with Crippen LogP contribution in [0.3, 0.4) is 0 Å². The number of rotatable bonds is 5. The Balaban J connectivity index is 1.69. The van der Waals surface area contributed by atoms with Gasteiger partial charge in [-0.05, 0) is 53.7 Å². The molecule has 0 spiro atoms. The van der Waals surface area contributed by atoms with Crippen LogP contribution >= 0.6 is 12.2 Å². The Morgan fingerprint density at radius 1 is 1.00 bits per heavy atom. The fourth-order valence-electron chi connectivity index (χ4n) is 3.99. The van der Waals surface area contributed by atoms with E-state index >= 15 is 0 Å². The third kappa shape index (κ3) is 6.88. The highest BCUT2D eigenvalue weighted by Crippen LogP contribution is 2.23. The second kappa shape index (κ2) is 10.3. The van der Waals surface area contributed by atoms with Gasteiger partial charge in [0.15, 0.2) is 5.11 Å². The second-order valence-electron chi connectivity index (χ2n) is 9.37. The molecule has 29 heavy (non-hydrogen) atoms. The Bertz CT molecular complexity index is 738. The molecule has 2 aromatic rings. The molecule has 0 aliphatic heterocycles. The second-order valence-corrected chi connectivity index (χ2v) is 9.76. The van der Waals surface area contributed by atoms with Crippen molar-refractivity contribution in [2.45, 2.75) is 90.3 Å². The first-order valence-electron chi connectivity index (χ1n) is 11.1. The molecule has 1 aromatic heterocycles. The van der Waals surface area contributed by atoms with Crippen molar-refractivity contribution in [3.05, 3.63) is 59.5 Å². The average Bonchev–Trinajstić information content (AvgIpc) is 3.16. The van der Waals surface area contributed by atoms with Gasteiger partial charge in [0.1, 0.15) is 5.76 Å². The maximum Gasteiger partial charge on any atom is 0.169 e. The zero-order valence-corrected chi connectivity index (χ0v) is 19.1. The predicted octanol–water partition coefficient (Wildman–Crippen LogP) is 6.57. The minimum Gasteiger partial charge on any atom is -0.467 e. The number of furan rings is 1. The van der Waals surface area contributed by atoms with Crippen molar-refractivity contribution in [1.29, 1.82) is 0 Å². The van der Waals surface area contributed by atoms with Crippen molar-refractivity contribution in [3.63, 3.8) is 0 Å². The van der Waals surface area contributed by atoms with Gasteiger partial charge in [-0.2, -0.15) is 0 Å². The van der Waals surface area contributed by atoms with Crippen LogP contribution in [-0.4, -0.2) is 16.1 Å². The molecule has 158 valence electrons. The molecule has 1 N–H and O–H groups in total. The van der Waals surface area contributed by atoms with Gasteiger partial charge in [-0.15, -0.1) is 0 Å². The summed E-state index contributed by atoms with van der Waals surface area (Å²) >= 11 is 5.86. The topological polar surface area (TPSA) is 28.4 Å². The van der Waals surface area contributed by atoms with E-state index in [9.17, 15) is 0 Å². The van der Waals surface area contributed by atoms with Crippen LogP contribution < -0.4 is 5.32 Å². The molecule has 0 atom stereocenters. The van der Waals surface area contributed by atoms with Crippen molar-refractivity contribution in [2.24, 2.45) is 0 Å². The largest absolute Gasteiger partial charge is 0.467 e. The predicted molar refractivity (Wildman–Crippen MR) is 125 cm³/mol. The van der Waals surface area contributed by atoms with Gasteiger partial charge in [-0.3, -0.25) is 0 Å². The van der Waals surface area contributed by atoms with Gasteiger partial charge in [-0.1, -0.05) is 77.1 Å². The zero-order valence-electron chi connectivity index (χ0n) is 18.2. The monoisotopic (exact) mass is 412 g/mol. The molecular formula is C25H36N2OS. The molecule has 0 radical (unpaired) electrons. The fraction of sp³-hybridized carbons (Fsp3) is 0.560. The lowest BCUT2D eigenvalue weighted by Crippen LogP contribution is -2.44. The van der Waals surface area contributed by atoms with E-state index in [-0.39, 0.29) is 5.41 Å². The molecule has 3 rings (SSSR count). The lowest BCUT2D eigenvalue weighted by atomic mass is 9.87. The van der Waals surface area contributed by atoms with Crippen LogP contribution in [0.25, 0.3) is 0 Å². The van der Waals surface area contributed by atoms with Crippen molar-refractivity contribution in [2.75, 3.05) is 0 Å². The quantitative estimate of drug-likeness (QED) is 0.562. The lowest BCUT2D eigenvalue weighted by Gasteiger charge is -2.30. The molecule has 0 unspecified atom stereocenters. The number of nitrogens with zero attached hydrogens (tertiary/aromatic N) is 1. The minimum atomic E-state index is 0.168. The van der Waals surface area contributed by atoms with Gasteiger partial charge in [0, 0.05) is 12.6 Å². The van der Waals surface area contributed by atoms with Crippen LogP contribution in [0, 0.1) is 0 Å². The van der Waals surface area contributed by atoms with Crippen molar-refractivity contribution in [3.8, 4) is 0 Å². The molecule has 1 saturated carbocycles. The molecule has 0 bridgehead atoms. The van der Waals surface area contributed by atoms with Crippen LogP contribution in [0.1, 0.15) is 82.6 Å². The molecule has 1 heterocycles. The van der Waals surface area contributed by atoms with Crippen LogP contribution in [0.15, 0.2) is 47.1 Å². The third-order valence-corrected chi connectivity index (χ3v) is 6.22. The zero-order chi connectivity index (χ0) is 20.7. The summed E-state index contributed by atoms with van der Waals surface area (Å²) in [6, 6.07) is 13.4. The highest BCUT2D eigenvalue weighted by Gasteiger charge is 2.18. The first-order chi connectivity index (χ1) is 13.9. The van der Waals surface area contributed by atoms with E-state index in [1.807, 2.05) is 12.1 Å². The van der Waals surface area contributed by atoms with E-state index in [1.165, 1.54) is 56.1 Å². The summed E-state index contributed by atoms with van der Waals surface area (Å²) in [5.74, 6) is 0.943. The summed E-state index contributed by atoms with van der Waals surface area (Å²) in [5.41, 5.74) is 2.79. The smallest absolute Gasteiger partial charge is 0.169 e. The number of hydrogen-bond donors (Lipinski definition) is 1. The van der Waals surface area contributed by atoms with Gasteiger partial charge in [0.05, 0.1) is 12.8 Å².